The van der Waals surface area contributed by atoms with Crippen LogP contribution < -0.4 is 9.47 Å². The van der Waals surface area contributed by atoms with Crippen molar-refractivity contribution in [1.82, 2.24) is 9.80 Å². The number of rotatable bonds is 5. The van der Waals surface area contributed by atoms with Crippen LogP contribution in [0.4, 0.5) is 0 Å². The summed E-state index contributed by atoms with van der Waals surface area (Å²) >= 11 is 3.44. The molecule has 0 aliphatic carbocycles. The molecule has 0 atom stereocenters. The summed E-state index contributed by atoms with van der Waals surface area (Å²) in [7, 11) is 3.29. The van der Waals surface area contributed by atoms with Crippen molar-refractivity contribution in [2.75, 3.05) is 40.4 Å². The molecule has 1 aliphatic heterocycles. The molecular weight excluding hydrogens is 396 g/mol. The quantitative estimate of drug-likeness (QED) is 0.745. The van der Waals surface area contributed by atoms with E-state index in [0.717, 1.165) is 48.7 Å². The van der Waals surface area contributed by atoms with Gasteiger partial charge in [0.2, 0.25) is 0 Å². The SMILES string of the molecule is COc1ccc(CN2CCN(C(=O)c3ccc(OC)c(Br)c3)CC2)cc1. The molecule has 1 heterocycles. The van der Waals surface area contributed by atoms with Crippen LogP contribution in [0.5, 0.6) is 11.5 Å². The van der Waals surface area contributed by atoms with Crippen molar-refractivity contribution < 1.29 is 14.3 Å². The predicted molar refractivity (Wildman–Crippen MR) is 105 cm³/mol. The molecular formula is C20H23BrN2O3. The number of halogens is 1. The number of hydrogen-bond acceptors (Lipinski definition) is 4. The van der Waals surface area contributed by atoms with Gasteiger partial charge in [-0.15, -0.1) is 0 Å². The highest BCUT2D eigenvalue weighted by atomic mass is 79.9. The van der Waals surface area contributed by atoms with Crippen molar-refractivity contribution in [2.24, 2.45) is 0 Å². The molecule has 1 amide bonds. The summed E-state index contributed by atoms with van der Waals surface area (Å²) in [4.78, 5) is 17.0. The van der Waals surface area contributed by atoms with Crippen LogP contribution in [0.1, 0.15) is 15.9 Å². The number of benzene rings is 2. The first-order chi connectivity index (χ1) is 12.6. The molecule has 0 radical (unpaired) electrons. The van der Waals surface area contributed by atoms with E-state index in [1.807, 2.05) is 35.2 Å². The second kappa shape index (κ2) is 8.56. The molecule has 0 saturated carbocycles. The van der Waals surface area contributed by atoms with E-state index in [4.69, 9.17) is 9.47 Å². The lowest BCUT2D eigenvalue weighted by Crippen LogP contribution is -2.48. The number of ether oxygens (including phenoxy) is 2. The van der Waals surface area contributed by atoms with Crippen LogP contribution in [-0.4, -0.2) is 56.1 Å². The number of amides is 1. The molecule has 138 valence electrons. The van der Waals surface area contributed by atoms with Crippen LogP contribution in [0.2, 0.25) is 0 Å². The highest BCUT2D eigenvalue weighted by molar-refractivity contribution is 9.10. The minimum Gasteiger partial charge on any atom is -0.497 e. The summed E-state index contributed by atoms with van der Waals surface area (Å²) in [6.07, 6.45) is 0. The lowest BCUT2D eigenvalue weighted by Gasteiger charge is -2.34. The highest BCUT2D eigenvalue weighted by Crippen LogP contribution is 2.26. The third kappa shape index (κ3) is 4.37. The minimum atomic E-state index is 0.0671. The molecule has 26 heavy (non-hydrogen) atoms. The zero-order chi connectivity index (χ0) is 18.5. The third-order valence-electron chi connectivity index (χ3n) is 4.62. The second-order valence-electron chi connectivity index (χ2n) is 6.27. The van der Waals surface area contributed by atoms with E-state index in [-0.39, 0.29) is 5.91 Å². The van der Waals surface area contributed by atoms with E-state index in [1.165, 1.54) is 5.56 Å². The van der Waals surface area contributed by atoms with Crippen molar-refractivity contribution in [3.8, 4) is 11.5 Å². The Morgan fingerprint density at radius 3 is 2.27 bits per heavy atom. The molecule has 2 aromatic rings. The Morgan fingerprint density at radius 2 is 1.69 bits per heavy atom. The van der Waals surface area contributed by atoms with Crippen molar-refractivity contribution in [3.63, 3.8) is 0 Å². The van der Waals surface area contributed by atoms with Crippen LogP contribution in [-0.2, 0) is 6.54 Å². The van der Waals surface area contributed by atoms with E-state index in [9.17, 15) is 4.79 Å². The number of hydrogen-bond donors (Lipinski definition) is 0. The summed E-state index contributed by atoms with van der Waals surface area (Å²) < 4.78 is 11.2. The third-order valence-corrected chi connectivity index (χ3v) is 5.24. The van der Waals surface area contributed by atoms with Crippen molar-refractivity contribution in [1.29, 1.82) is 0 Å². The standard InChI is InChI=1S/C20H23BrN2O3/c1-25-17-6-3-15(4-7-17)14-22-9-11-23(12-10-22)20(24)16-5-8-19(26-2)18(21)13-16/h3-8,13H,9-12,14H2,1-2H3. The van der Waals surface area contributed by atoms with E-state index in [2.05, 4.69) is 33.0 Å². The van der Waals surface area contributed by atoms with E-state index < -0.39 is 0 Å². The molecule has 2 aromatic carbocycles. The molecule has 6 heteroatoms. The Morgan fingerprint density at radius 1 is 1.00 bits per heavy atom. The van der Waals surface area contributed by atoms with Gasteiger partial charge >= 0.3 is 0 Å². The lowest BCUT2D eigenvalue weighted by molar-refractivity contribution is 0.0628. The zero-order valence-electron chi connectivity index (χ0n) is 15.1. The molecule has 1 saturated heterocycles. The van der Waals surface area contributed by atoms with Gasteiger partial charge in [-0.2, -0.15) is 0 Å². The smallest absolute Gasteiger partial charge is 0.253 e. The summed E-state index contributed by atoms with van der Waals surface area (Å²) in [6, 6.07) is 13.6. The van der Waals surface area contributed by atoms with E-state index in [1.54, 1.807) is 14.2 Å². The van der Waals surface area contributed by atoms with E-state index >= 15 is 0 Å². The van der Waals surface area contributed by atoms with Gasteiger partial charge in [0.25, 0.3) is 5.91 Å². The monoisotopic (exact) mass is 418 g/mol. The van der Waals surface area contributed by atoms with Gasteiger partial charge in [-0.05, 0) is 51.8 Å². The zero-order valence-corrected chi connectivity index (χ0v) is 16.7. The summed E-state index contributed by atoms with van der Waals surface area (Å²) in [5.74, 6) is 1.66. The Hall–Kier alpha value is -2.05. The minimum absolute atomic E-state index is 0.0671. The topological polar surface area (TPSA) is 42.0 Å². The number of methoxy groups -OCH3 is 2. The average Bonchev–Trinajstić information content (AvgIpc) is 2.68. The summed E-state index contributed by atoms with van der Waals surface area (Å²) in [5.41, 5.74) is 1.94. The molecule has 0 spiro atoms. The largest absolute Gasteiger partial charge is 0.497 e. The van der Waals surface area contributed by atoms with Crippen LogP contribution in [0.15, 0.2) is 46.9 Å². The molecule has 0 aromatic heterocycles. The first-order valence-corrected chi connectivity index (χ1v) is 9.38. The van der Waals surface area contributed by atoms with Crippen LogP contribution in [0.3, 0.4) is 0 Å². The number of carbonyl (C=O) groups excluding carboxylic acids is 1. The normalized spacial score (nSPS) is 15.0. The molecule has 0 unspecified atom stereocenters. The lowest BCUT2D eigenvalue weighted by atomic mass is 10.1. The molecule has 1 aliphatic rings. The second-order valence-corrected chi connectivity index (χ2v) is 7.12. The van der Waals surface area contributed by atoms with Crippen molar-refractivity contribution >= 4 is 21.8 Å². The van der Waals surface area contributed by atoms with Crippen LogP contribution >= 0.6 is 15.9 Å². The Kier molecular flexibility index (Phi) is 6.16. The molecule has 3 rings (SSSR count). The maximum absolute atomic E-state index is 12.7. The van der Waals surface area contributed by atoms with Crippen LogP contribution in [0, 0.1) is 0 Å². The fourth-order valence-electron chi connectivity index (χ4n) is 3.08. The molecule has 0 bridgehead atoms. The predicted octanol–water partition coefficient (Wildman–Crippen LogP) is 3.42. The van der Waals surface area contributed by atoms with Crippen molar-refractivity contribution in [2.45, 2.75) is 6.54 Å². The Labute approximate surface area is 162 Å². The van der Waals surface area contributed by atoms with Gasteiger partial charge in [-0.1, -0.05) is 12.1 Å². The van der Waals surface area contributed by atoms with Gasteiger partial charge in [0.15, 0.2) is 0 Å². The Bertz CT molecular complexity index is 756. The first kappa shape index (κ1) is 18.7. The van der Waals surface area contributed by atoms with Gasteiger partial charge in [0.1, 0.15) is 11.5 Å². The summed E-state index contributed by atoms with van der Waals surface area (Å²) in [5, 5.41) is 0. The Balaban J connectivity index is 1.55. The number of piperazine rings is 1. The van der Waals surface area contributed by atoms with Crippen LogP contribution in [0.25, 0.3) is 0 Å². The molecule has 5 nitrogen and oxygen atoms in total. The van der Waals surface area contributed by atoms with Gasteiger partial charge in [-0.3, -0.25) is 9.69 Å². The van der Waals surface area contributed by atoms with Gasteiger partial charge in [0.05, 0.1) is 18.7 Å². The molecule has 1 fully saturated rings. The maximum Gasteiger partial charge on any atom is 0.253 e. The number of nitrogens with zero attached hydrogens (tertiary/aromatic N) is 2. The first-order valence-electron chi connectivity index (χ1n) is 8.59. The summed E-state index contributed by atoms with van der Waals surface area (Å²) in [6.45, 7) is 4.10. The number of carbonyl (C=O) groups is 1. The van der Waals surface area contributed by atoms with Crippen molar-refractivity contribution in [3.05, 3.63) is 58.1 Å². The van der Waals surface area contributed by atoms with Gasteiger partial charge in [0, 0.05) is 38.3 Å². The highest BCUT2D eigenvalue weighted by Gasteiger charge is 2.22. The fraction of sp³-hybridized carbons (Fsp3) is 0.350. The maximum atomic E-state index is 12.7. The van der Waals surface area contributed by atoms with Gasteiger partial charge < -0.3 is 14.4 Å². The molecule has 0 N–H and O–H groups in total. The fourth-order valence-corrected chi connectivity index (χ4v) is 3.62. The average molecular weight is 419 g/mol. The van der Waals surface area contributed by atoms with E-state index in [0.29, 0.717) is 5.56 Å². The van der Waals surface area contributed by atoms with Gasteiger partial charge in [-0.25, -0.2) is 0 Å².